The number of anilines is 2. The van der Waals surface area contributed by atoms with Crippen LogP contribution in [0.2, 0.25) is 0 Å². The molecule has 8 nitrogen and oxygen atoms in total. The number of nitro benzene ring substituents is 1. The highest BCUT2D eigenvalue weighted by atomic mass is 32.2. The lowest BCUT2D eigenvalue weighted by molar-refractivity contribution is -0.385. The third-order valence-electron chi connectivity index (χ3n) is 4.75. The van der Waals surface area contributed by atoms with Gasteiger partial charge in [0.05, 0.1) is 28.1 Å². The van der Waals surface area contributed by atoms with Crippen molar-refractivity contribution in [3.63, 3.8) is 0 Å². The Labute approximate surface area is 193 Å². The molecule has 34 heavy (non-hydrogen) atoms. The number of nitro groups is 1. The summed E-state index contributed by atoms with van der Waals surface area (Å²) in [7, 11) is -4.33. The van der Waals surface area contributed by atoms with Crippen molar-refractivity contribution in [2.45, 2.75) is 24.9 Å². The van der Waals surface area contributed by atoms with Gasteiger partial charge in [-0.1, -0.05) is 35.9 Å². The summed E-state index contributed by atoms with van der Waals surface area (Å²) in [6.07, 6.45) is -3.72. The molecule has 0 radical (unpaired) electrons. The number of sulfonamides is 1. The molecule has 2 N–H and O–H groups in total. The second kappa shape index (κ2) is 9.51. The monoisotopic (exact) mass is 492 g/mol. The average Bonchev–Trinajstić information content (AvgIpc) is 2.75. The minimum Gasteiger partial charge on any atom is -0.279 e. The second-order valence-corrected chi connectivity index (χ2v) is 8.97. The van der Waals surface area contributed by atoms with Crippen LogP contribution in [0.25, 0.3) is 0 Å². The number of halogens is 3. The highest BCUT2D eigenvalue weighted by Gasteiger charge is 2.32. The summed E-state index contributed by atoms with van der Waals surface area (Å²) < 4.78 is 68.1. The van der Waals surface area contributed by atoms with Crippen LogP contribution in [-0.4, -0.2) is 19.6 Å². The van der Waals surface area contributed by atoms with E-state index >= 15 is 0 Å². The normalized spacial score (nSPS) is 12.0. The van der Waals surface area contributed by atoms with E-state index in [-0.39, 0.29) is 16.9 Å². The van der Waals surface area contributed by atoms with Crippen molar-refractivity contribution in [2.24, 2.45) is 5.10 Å². The van der Waals surface area contributed by atoms with Crippen molar-refractivity contribution in [1.29, 1.82) is 0 Å². The molecular formula is C22H19F3N4O4S. The Hall–Kier alpha value is -3.93. The zero-order valence-electron chi connectivity index (χ0n) is 17.9. The maximum atomic E-state index is 13.2. The van der Waals surface area contributed by atoms with Gasteiger partial charge in [-0.2, -0.15) is 18.3 Å². The minimum absolute atomic E-state index is 0.163. The van der Waals surface area contributed by atoms with Gasteiger partial charge in [0, 0.05) is 17.7 Å². The van der Waals surface area contributed by atoms with Gasteiger partial charge in [0.1, 0.15) is 4.90 Å². The molecule has 0 atom stereocenters. The number of hydrogen-bond donors (Lipinski definition) is 2. The molecule has 0 fully saturated rings. The summed E-state index contributed by atoms with van der Waals surface area (Å²) in [6.45, 7) is 3.53. The van der Waals surface area contributed by atoms with Crippen LogP contribution < -0.4 is 10.1 Å². The number of hydrogen-bond acceptors (Lipinski definition) is 6. The van der Waals surface area contributed by atoms with Crippen molar-refractivity contribution >= 4 is 33.3 Å². The first-order valence-corrected chi connectivity index (χ1v) is 11.2. The van der Waals surface area contributed by atoms with E-state index in [1.54, 1.807) is 25.1 Å². The topological polar surface area (TPSA) is 114 Å². The van der Waals surface area contributed by atoms with Crippen molar-refractivity contribution in [1.82, 2.24) is 0 Å². The van der Waals surface area contributed by atoms with Gasteiger partial charge in [0.25, 0.3) is 15.7 Å². The first kappa shape index (κ1) is 24.7. The number of nitrogens with one attached hydrogen (secondary N) is 2. The Morgan fingerprint density at radius 3 is 2.32 bits per heavy atom. The van der Waals surface area contributed by atoms with E-state index in [2.05, 4.69) is 15.2 Å². The predicted octanol–water partition coefficient (Wildman–Crippen LogP) is 5.48. The van der Waals surface area contributed by atoms with Crippen LogP contribution in [0, 0.1) is 24.0 Å². The van der Waals surface area contributed by atoms with Gasteiger partial charge in [-0.25, -0.2) is 8.42 Å². The fourth-order valence-corrected chi connectivity index (χ4v) is 4.41. The van der Waals surface area contributed by atoms with Crippen LogP contribution in [0.15, 0.2) is 70.7 Å². The first-order chi connectivity index (χ1) is 15.9. The van der Waals surface area contributed by atoms with E-state index in [4.69, 9.17) is 0 Å². The Balaban J connectivity index is 1.98. The number of hydrazone groups is 1. The molecule has 0 spiro atoms. The highest BCUT2D eigenvalue weighted by Crippen LogP contribution is 2.32. The van der Waals surface area contributed by atoms with E-state index in [1.807, 2.05) is 6.92 Å². The Bertz CT molecular complexity index is 1370. The van der Waals surface area contributed by atoms with Gasteiger partial charge < -0.3 is 0 Å². The molecule has 3 aromatic rings. The number of rotatable bonds is 7. The lowest BCUT2D eigenvalue weighted by Gasteiger charge is -2.14. The van der Waals surface area contributed by atoms with E-state index in [0.717, 1.165) is 36.0 Å². The largest absolute Gasteiger partial charge is 0.417 e. The summed E-state index contributed by atoms with van der Waals surface area (Å²) >= 11 is 0. The molecule has 3 aromatic carbocycles. The molecule has 178 valence electrons. The van der Waals surface area contributed by atoms with Gasteiger partial charge in [0.2, 0.25) is 0 Å². The van der Waals surface area contributed by atoms with Gasteiger partial charge in [0.15, 0.2) is 0 Å². The molecule has 0 unspecified atom stereocenters. The van der Waals surface area contributed by atoms with E-state index in [0.29, 0.717) is 5.56 Å². The van der Waals surface area contributed by atoms with Gasteiger partial charge >= 0.3 is 6.18 Å². The second-order valence-electron chi connectivity index (χ2n) is 7.32. The molecule has 0 aliphatic carbocycles. The third kappa shape index (κ3) is 5.70. The number of aryl methyl sites for hydroxylation is 2. The van der Waals surface area contributed by atoms with Crippen LogP contribution in [0.4, 0.5) is 30.2 Å². The molecule has 0 aliphatic heterocycles. The fraction of sp³-hybridized carbons (Fsp3) is 0.136. The van der Waals surface area contributed by atoms with Crippen molar-refractivity contribution in [2.75, 3.05) is 10.1 Å². The molecule has 3 rings (SSSR count). The van der Waals surface area contributed by atoms with Gasteiger partial charge in [-0.15, -0.1) is 0 Å². The van der Waals surface area contributed by atoms with E-state index in [1.165, 1.54) is 18.2 Å². The smallest absolute Gasteiger partial charge is 0.279 e. The summed E-state index contributed by atoms with van der Waals surface area (Å²) in [5, 5.41) is 14.9. The van der Waals surface area contributed by atoms with Crippen molar-refractivity contribution in [3.8, 4) is 0 Å². The van der Waals surface area contributed by atoms with Crippen LogP contribution in [0.5, 0.6) is 0 Å². The van der Waals surface area contributed by atoms with E-state index < -0.39 is 37.3 Å². The maximum absolute atomic E-state index is 13.2. The Morgan fingerprint density at radius 2 is 1.68 bits per heavy atom. The fourth-order valence-electron chi connectivity index (χ4n) is 3.11. The Kier molecular flexibility index (Phi) is 6.91. The molecule has 0 saturated heterocycles. The SMILES string of the molecule is Cc1ccc(NS(=O)(=O)c2cc([N+](=O)[O-])ccc2N/N=C/c2ccccc2C(F)(F)F)c(C)c1. The molecule has 0 heterocycles. The summed E-state index contributed by atoms with van der Waals surface area (Å²) in [5.41, 5.74) is 2.37. The minimum atomic E-state index is -4.61. The van der Waals surface area contributed by atoms with Crippen LogP contribution in [0.1, 0.15) is 22.3 Å². The lowest BCUT2D eigenvalue weighted by atomic mass is 10.1. The number of nitrogens with zero attached hydrogens (tertiary/aromatic N) is 2. The molecule has 12 heteroatoms. The standard InChI is InChI=1S/C22H19F3N4O4S/c1-14-7-9-19(15(2)11-14)28-34(32,33)21-12-17(29(30)31)8-10-20(21)27-26-13-16-5-3-4-6-18(16)22(23,24)25/h3-13,27-28H,1-2H3/b26-13+. The van der Waals surface area contributed by atoms with Crippen LogP contribution >= 0.6 is 0 Å². The summed E-state index contributed by atoms with van der Waals surface area (Å²) in [5.74, 6) is 0. The molecule has 0 aliphatic rings. The number of non-ortho nitro benzene ring substituents is 1. The molecular weight excluding hydrogens is 473 g/mol. The molecule has 0 saturated carbocycles. The average molecular weight is 492 g/mol. The predicted molar refractivity (Wildman–Crippen MR) is 122 cm³/mol. The maximum Gasteiger partial charge on any atom is 0.417 e. The zero-order chi connectivity index (χ0) is 25.1. The van der Waals surface area contributed by atoms with Crippen molar-refractivity contribution in [3.05, 3.63) is 93.0 Å². The zero-order valence-corrected chi connectivity index (χ0v) is 18.7. The lowest BCUT2D eigenvalue weighted by Crippen LogP contribution is -2.16. The van der Waals surface area contributed by atoms with Gasteiger partial charge in [-0.3, -0.25) is 20.3 Å². The van der Waals surface area contributed by atoms with Crippen LogP contribution in [-0.2, 0) is 16.2 Å². The quantitative estimate of drug-likeness (QED) is 0.258. The first-order valence-electron chi connectivity index (χ1n) is 9.72. The number of benzene rings is 3. The van der Waals surface area contributed by atoms with E-state index in [9.17, 15) is 31.7 Å². The van der Waals surface area contributed by atoms with Gasteiger partial charge in [-0.05, 0) is 37.6 Å². The molecule has 0 aromatic heterocycles. The molecule has 0 amide bonds. The Morgan fingerprint density at radius 1 is 1.00 bits per heavy atom. The summed E-state index contributed by atoms with van der Waals surface area (Å²) in [6, 6.07) is 12.7. The highest BCUT2D eigenvalue weighted by molar-refractivity contribution is 7.92. The summed E-state index contributed by atoms with van der Waals surface area (Å²) in [4.78, 5) is 9.95. The number of alkyl halides is 3. The van der Waals surface area contributed by atoms with Crippen LogP contribution in [0.3, 0.4) is 0 Å². The molecule has 0 bridgehead atoms. The van der Waals surface area contributed by atoms with Crippen molar-refractivity contribution < 1.29 is 26.5 Å². The third-order valence-corrected chi connectivity index (χ3v) is 6.15.